The van der Waals surface area contributed by atoms with Gasteiger partial charge >= 0.3 is 0 Å². The molecule has 0 atom stereocenters. The summed E-state index contributed by atoms with van der Waals surface area (Å²) in [4.78, 5) is 0. The highest BCUT2D eigenvalue weighted by molar-refractivity contribution is 6.08. The van der Waals surface area contributed by atoms with Gasteiger partial charge < -0.3 is 0 Å². The molecule has 0 aliphatic heterocycles. The average Bonchev–Trinajstić information content (AvgIpc) is 2.14. The van der Waals surface area contributed by atoms with Gasteiger partial charge in [-0.25, -0.2) is 0 Å². The van der Waals surface area contributed by atoms with E-state index in [1.807, 2.05) is 0 Å². The van der Waals surface area contributed by atoms with Crippen molar-refractivity contribution in [2.45, 2.75) is 6.04 Å². The summed E-state index contributed by atoms with van der Waals surface area (Å²) in [5.74, 6) is 0.798. The Morgan fingerprint density at radius 1 is 1.29 bits per heavy atom. The smallest absolute Gasteiger partial charge is 0.00394 e. The molecule has 38 valence electrons. The largest absolute Gasteiger partial charge is 0.0779 e. The number of hydrogen-bond donors (Lipinski definition) is 0. The molecule has 0 bridgehead atoms. The predicted molar refractivity (Wildman–Crippen MR) is 36.5 cm³/mol. The molecule has 0 spiro atoms. The van der Waals surface area contributed by atoms with Crippen molar-refractivity contribution in [3.8, 4) is 0 Å². The van der Waals surface area contributed by atoms with E-state index in [2.05, 4.69) is 24.3 Å². The molecule has 0 radical (unpaired) electrons. The van der Waals surface area contributed by atoms with Crippen molar-refractivity contribution in [1.82, 2.24) is 0 Å². The fraction of sp³-hybridized carbons (Fsp3) is 0.333. The van der Waals surface area contributed by atoms with Crippen LogP contribution in [0.2, 0.25) is 6.04 Å². The van der Waals surface area contributed by atoms with Gasteiger partial charge in [-0.2, -0.15) is 0 Å². The highest BCUT2D eigenvalue weighted by Gasteiger charge is 1.96. The second-order valence-corrected chi connectivity index (χ2v) is 2.66. The fourth-order valence-electron chi connectivity index (χ4n) is 0.750. The fourth-order valence-corrected chi connectivity index (χ4v) is 1.29. The van der Waals surface area contributed by atoms with Crippen LogP contribution in [0.5, 0.6) is 0 Å². The SMILES string of the molecule is [SiH3]CC1C=CC=C1. The molecular formula is C6H10Si. The summed E-state index contributed by atoms with van der Waals surface area (Å²) >= 11 is 0. The molecule has 0 aromatic heterocycles. The molecule has 0 amide bonds. The summed E-state index contributed by atoms with van der Waals surface area (Å²) in [6, 6.07) is 1.38. The Labute approximate surface area is 47.3 Å². The summed E-state index contributed by atoms with van der Waals surface area (Å²) in [5, 5.41) is 0. The molecule has 0 aromatic carbocycles. The summed E-state index contributed by atoms with van der Waals surface area (Å²) in [6.07, 6.45) is 8.77. The van der Waals surface area contributed by atoms with Crippen molar-refractivity contribution < 1.29 is 0 Å². The maximum absolute atomic E-state index is 2.26. The zero-order chi connectivity index (χ0) is 5.11. The van der Waals surface area contributed by atoms with E-state index in [-0.39, 0.29) is 0 Å². The lowest BCUT2D eigenvalue weighted by molar-refractivity contribution is 0.954. The molecule has 1 aliphatic rings. The van der Waals surface area contributed by atoms with Crippen LogP contribution in [-0.2, 0) is 0 Å². The average molecular weight is 110 g/mol. The lowest BCUT2D eigenvalue weighted by Crippen LogP contribution is -1.83. The monoisotopic (exact) mass is 110 g/mol. The first-order valence-electron chi connectivity index (χ1n) is 2.78. The second-order valence-electron chi connectivity index (χ2n) is 1.84. The van der Waals surface area contributed by atoms with Crippen LogP contribution in [0.3, 0.4) is 0 Å². The normalized spacial score (nSPS) is 19.4. The van der Waals surface area contributed by atoms with E-state index in [0.717, 1.165) is 5.92 Å². The zero-order valence-corrected chi connectivity index (χ0v) is 6.59. The van der Waals surface area contributed by atoms with Crippen LogP contribution in [0.4, 0.5) is 0 Å². The summed E-state index contributed by atoms with van der Waals surface area (Å²) in [7, 11) is 1.33. The van der Waals surface area contributed by atoms with Gasteiger partial charge in [0.15, 0.2) is 0 Å². The first kappa shape index (κ1) is 4.85. The van der Waals surface area contributed by atoms with E-state index in [4.69, 9.17) is 0 Å². The van der Waals surface area contributed by atoms with Crippen LogP contribution in [0, 0.1) is 5.92 Å². The molecule has 0 saturated heterocycles. The standard InChI is InChI=1S/C6H10Si/c7-5-6-3-1-2-4-6/h1-4,6H,5H2,7H3. The van der Waals surface area contributed by atoms with Gasteiger partial charge in [-0.3, -0.25) is 0 Å². The van der Waals surface area contributed by atoms with E-state index in [0.29, 0.717) is 0 Å². The van der Waals surface area contributed by atoms with Crippen LogP contribution in [-0.4, -0.2) is 10.2 Å². The Morgan fingerprint density at radius 2 is 1.86 bits per heavy atom. The molecule has 0 nitrogen and oxygen atoms in total. The third-order valence-electron chi connectivity index (χ3n) is 1.30. The Kier molecular flexibility index (Phi) is 1.47. The quantitative estimate of drug-likeness (QED) is 0.431. The van der Waals surface area contributed by atoms with Gasteiger partial charge in [0.25, 0.3) is 0 Å². The molecule has 1 rings (SSSR count). The highest BCUT2D eigenvalue weighted by Crippen LogP contribution is 2.10. The zero-order valence-electron chi connectivity index (χ0n) is 4.59. The number of hydrogen-bond acceptors (Lipinski definition) is 0. The van der Waals surface area contributed by atoms with Gasteiger partial charge in [0, 0.05) is 10.2 Å². The summed E-state index contributed by atoms with van der Waals surface area (Å²) in [6.45, 7) is 0. The Hall–Kier alpha value is -0.303. The van der Waals surface area contributed by atoms with Crippen molar-refractivity contribution in [2.24, 2.45) is 5.92 Å². The lowest BCUT2D eigenvalue weighted by Gasteiger charge is -1.93. The topological polar surface area (TPSA) is 0 Å². The molecular weight excluding hydrogens is 100 g/mol. The minimum atomic E-state index is 0.798. The van der Waals surface area contributed by atoms with Crippen LogP contribution < -0.4 is 0 Å². The third kappa shape index (κ3) is 1.03. The van der Waals surface area contributed by atoms with Crippen LogP contribution in [0.25, 0.3) is 0 Å². The van der Waals surface area contributed by atoms with Crippen LogP contribution >= 0.6 is 0 Å². The molecule has 0 saturated carbocycles. The van der Waals surface area contributed by atoms with Crippen molar-refractivity contribution in [3.63, 3.8) is 0 Å². The first-order chi connectivity index (χ1) is 3.43. The van der Waals surface area contributed by atoms with Crippen molar-refractivity contribution >= 4 is 10.2 Å². The molecule has 0 N–H and O–H groups in total. The minimum absolute atomic E-state index is 0.798. The van der Waals surface area contributed by atoms with Gasteiger partial charge in [0.1, 0.15) is 0 Å². The molecule has 0 aromatic rings. The summed E-state index contributed by atoms with van der Waals surface area (Å²) < 4.78 is 0. The highest BCUT2D eigenvalue weighted by atomic mass is 28.1. The van der Waals surface area contributed by atoms with Gasteiger partial charge in [0.2, 0.25) is 0 Å². The second kappa shape index (κ2) is 2.12. The predicted octanol–water partition coefficient (Wildman–Crippen LogP) is 0.512. The summed E-state index contributed by atoms with van der Waals surface area (Å²) in [5.41, 5.74) is 0. The van der Waals surface area contributed by atoms with Gasteiger partial charge in [-0.15, -0.1) is 0 Å². The number of allylic oxidation sites excluding steroid dienone is 4. The van der Waals surface area contributed by atoms with Gasteiger partial charge in [0.05, 0.1) is 0 Å². The van der Waals surface area contributed by atoms with Crippen molar-refractivity contribution in [3.05, 3.63) is 24.3 Å². The van der Waals surface area contributed by atoms with E-state index in [9.17, 15) is 0 Å². The van der Waals surface area contributed by atoms with Crippen molar-refractivity contribution in [2.75, 3.05) is 0 Å². The van der Waals surface area contributed by atoms with Crippen molar-refractivity contribution in [1.29, 1.82) is 0 Å². The van der Waals surface area contributed by atoms with Gasteiger partial charge in [-0.05, 0) is 5.92 Å². The minimum Gasteiger partial charge on any atom is -0.0779 e. The third-order valence-corrected chi connectivity index (χ3v) is 2.24. The molecule has 1 aliphatic carbocycles. The molecule has 0 fully saturated rings. The van der Waals surface area contributed by atoms with E-state index in [1.54, 1.807) is 0 Å². The van der Waals surface area contributed by atoms with E-state index < -0.39 is 0 Å². The Bertz CT molecular complexity index is 90.7. The van der Waals surface area contributed by atoms with E-state index >= 15 is 0 Å². The first-order valence-corrected chi connectivity index (χ1v) is 4.20. The molecule has 1 heteroatoms. The van der Waals surface area contributed by atoms with E-state index in [1.165, 1.54) is 16.3 Å². The van der Waals surface area contributed by atoms with Crippen LogP contribution in [0.1, 0.15) is 0 Å². The molecule has 0 unspecified atom stereocenters. The number of rotatable bonds is 1. The van der Waals surface area contributed by atoms with Crippen LogP contribution in [0.15, 0.2) is 24.3 Å². The van der Waals surface area contributed by atoms with Gasteiger partial charge in [-0.1, -0.05) is 30.3 Å². The Morgan fingerprint density at radius 3 is 2.14 bits per heavy atom. The lowest BCUT2D eigenvalue weighted by atomic mass is 10.2. The maximum Gasteiger partial charge on any atom is 0.00394 e. The maximum atomic E-state index is 2.26. The molecule has 7 heavy (non-hydrogen) atoms. The Balaban J connectivity index is 2.44. The molecule has 0 heterocycles.